The highest BCUT2D eigenvalue weighted by atomic mass is 32.1. The smallest absolute Gasteiger partial charge is 0.164 e. The number of aromatic nitrogens is 4. The molecule has 0 atom stereocenters. The number of benzene rings is 9. The molecule has 9 aromatic carbocycles. The van der Waals surface area contributed by atoms with Gasteiger partial charge in [-0.25, -0.2) is 19.9 Å². The Balaban J connectivity index is 1.01. The van der Waals surface area contributed by atoms with Gasteiger partial charge in [0.1, 0.15) is 0 Å². The van der Waals surface area contributed by atoms with Crippen LogP contribution in [0.3, 0.4) is 0 Å². The second-order valence-corrected chi connectivity index (χ2v) is 16.0. The molecule has 12 aromatic rings. The number of thiophene rings is 1. The lowest BCUT2D eigenvalue weighted by Gasteiger charge is -2.13. The van der Waals surface area contributed by atoms with E-state index >= 15 is 0 Å². The summed E-state index contributed by atoms with van der Waals surface area (Å²) in [6.07, 6.45) is 0. The summed E-state index contributed by atoms with van der Waals surface area (Å²) < 4.78 is 2.47. The zero-order valence-electron chi connectivity index (χ0n) is 31.7. The van der Waals surface area contributed by atoms with Gasteiger partial charge in [0.05, 0.1) is 11.2 Å². The first-order valence-electron chi connectivity index (χ1n) is 19.8. The Morgan fingerprint density at radius 3 is 1.37 bits per heavy atom. The minimum Gasteiger partial charge on any atom is -0.247 e. The zero-order valence-corrected chi connectivity index (χ0v) is 32.5. The summed E-state index contributed by atoms with van der Waals surface area (Å²) in [6.45, 7) is 0. The van der Waals surface area contributed by atoms with Gasteiger partial charge in [-0.15, -0.1) is 11.3 Å². The molecular weight excluding hydrogens is 737 g/mol. The Kier molecular flexibility index (Phi) is 7.68. The second-order valence-electron chi connectivity index (χ2n) is 15.0. The quantitative estimate of drug-likeness (QED) is 0.164. The van der Waals surface area contributed by atoms with Gasteiger partial charge in [0.2, 0.25) is 0 Å². The zero-order chi connectivity index (χ0) is 38.9. The van der Waals surface area contributed by atoms with Crippen molar-refractivity contribution in [1.29, 1.82) is 0 Å². The van der Waals surface area contributed by atoms with Crippen molar-refractivity contribution < 1.29 is 0 Å². The first-order chi connectivity index (χ1) is 29.2. The van der Waals surface area contributed by atoms with Crippen LogP contribution in [0.25, 0.3) is 120 Å². The van der Waals surface area contributed by atoms with Crippen LogP contribution in [0.4, 0.5) is 0 Å². The normalized spacial score (nSPS) is 11.7. The molecular formula is C54H32N4S. The van der Waals surface area contributed by atoms with Crippen molar-refractivity contribution in [2.24, 2.45) is 0 Å². The Bertz CT molecular complexity index is 3500. The van der Waals surface area contributed by atoms with Gasteiger partial charge in [0, 0.05) is 47.8 Å². The van der Waals surface area contributed by atoms with Crippen molar-refractivity contribution >= 4 is 74.7 Å². The Morgan fingerprint density at radius 1 is 0.288 bits per heavy atom. The van der Waals surface area contributed by atoms with E-state index in [2.05, 4.69) is 133 Å². The molecule has 0 aliphatic carbocycles. The fraction of sp³-hybridized carbons (Fsp3) is 0. The van der Waals surface area contributed by atoms with Gasteiger partial charge in [-0.2, -0.15) is 0 Å². The number of fused-ring (bicyclic) bond motifs is 11. The maximum Gasteiger partial charge on any atom is 0.164 e. The largest absolute Gasteiger partial charge is 0.247 e. The fourth-order valence-corrected chi connectivity index (χ4v) is 9.89. The molecule has 0 unspecified atom stereocenters. The number of nitrogens with zero attached hydrogens (tertiary/aromatic N) is 4. The van der Waals surface area contributed by atoms with Crippen LogP contribution in [0, 0.1) is 0 Å². The Hall–Kier alpha value is -7.60. The maximum atomic E-state index is 5.49. The van der Waals surface area contributed by atoms with Crippen LogP contribution in [-0.2, 0) is 0 Å². The first-order valence-corrected chi connectivity index (χ1v) is 20.6. The molecule has 0 aliphatic heterocycles. The molecule has 274 valence electrons. The number of hydrogen-bond donors (Lipinski definition) is 0. The summed E-state index contributed by atoms with van der Waals surface area (Å²) in [5.74, 6) is 1.88. The van der Waals surface area contributed by atoms with Gasteiger partial charge in [-0.3, -0.25) is 0 Å². The molecule has 4 nitrogen and oxygen atoms in total. The minimum absolute atomic E-state index is 0.611. The molecule has 0 aliphatic rings. The van der Waals surface area contributed by atoms with E-state index in [-0.39, 0.29) is 0 Å². The van der Waals surface area contributed by atoms with Crippen molar-refractivity contribution in [3.63, 3.8) is 0 Å². The van der Waals surface area contributed by atoms with Crippen LogP contribution in [0.5, 0.6) is 0 Å². The standard InChI is InChI=1S/C54H32N4S/c1-3-13-35(14-4-1)52-56-53(36-15-5-2-6-16-36)58-54(57-52)38-28-30-44-47(32-38)55-50(49-45-21-11-12-22-48(45)59-51(44)49)34-25-23-33(24-26-34)37-27-29-43-41-19-8-7-17-39(41)40-18-9-10-20-42(40)46(43)31-37/h1-32H. The summed E-state index contributed by atoms with van der Waals surface area (Å²) in [4.78, 5) is 20.4. The molecule has 0 N–H and O–H groups in total. The summed E-state index contributed by atoms with van der Waals surface area (Å²) in [5.41, 5.74) is 8.07. The van der Waals surface area contributed by atoms with Crippen LogP contribution in [0.1, 0.15) is 0 Å². The Labute approximate surface area is 343 Å². The summed E-state index contributed by atoms with van der Waals surface area (Å²) in [5, 5.41) is 11.2. The van der Waals surface area contributed by atoms with Gasteiger partial charge >= 0.3 is 0 Å². The number of pyridine rings is 1. The van der Waals surface area contributed by atoms with Crippen molar-refractivity contribution in [2.75, 3.05) is 0 Å². The molecule has 12 rings (SSSR count). The lowest BCUT2D eigenvalue weighted by molar-refractivity contribution is 1.07. The van der Waals surface area contributed by atoms with Crippen molar-refractivity contribution in [3.05, 3.63) is 194 Å². The molecule has 0 radical (unpaired) electrons. The predicted octanol–water partition coefficient (Wildman–Crippen LogP) is 14.6. The maximum absolute atomic E-state index is 5.49. The van der Waals surface area contributed by atoms with Crippen LogP contribution >= 0.6 is 11.3 Å². The lowest BCUT2D eigenvalue weighted by atomic mass is 9.92. The topological polar surface area (TPSA) is 51.6 Å². The summed E-state index contributed by atoms with van der Waals surface area (Å²) >= 11 is 1.82. The third-order valence-corrected chi connectivity index (χ3v) is 12.7. The highest BCUT2D eigenvalue weighted by Gasteiger charge is 2.19. The fourth-order valence-electron chi connectivity index (χ4n) is 8.66. The molecule has 0 amide bonds. The van der Waals surface area contributed by atoms with E-state index in [1.54, 1.807) is 0 Å². The van der Waals surface area contributed by atoms with E-state index in [1.165, 1.54) is 63.6 Å². The molecule has 0 saturated heterocycles. The number of hydrogen-bond acceptors (Lipinski definition) is 5. The van der Waals surface area contributed by atoms with Crippen molar-refractivity contribution in [3.8, 4) is 56.5 Å². The number of rotatable bonds is 5. The SMILES string of the molecule is c1ccc(-c2nc(-c3ccccc3)nc(-c3ccc4c(c3)nc(-c3ccc(-c5ccc6c7ccccc7c7ccccc7c6c5)cc3)c3c5ccccc5sc43)n2)cc1. The predicted molar refractivity (Wildman–Crippen MR) is 248 cm³/mol. The first kappa shape index (κ1) is 33.5. The molecule has 3 heterocycles. The van der Waals surface area contributed by atoms with Gasteiger partial charge in [-0.05, 0) is 61.6 Å². The monoisotopic (exact) mass is 768 g/mol. The van der Waals surface area contributed by atoms with Crippen LogP contribution in [-0.4, -0.2) is 19.9 Å². The third-order valence-electron chi connectivity index (χ3n) is 11.5. The van der Waals surface area contributed by atoms with E-state index < -0.39 is 0 Å². The highest BCUT2D eigenvalue weighted by molar-refractivity contribution is 7.26. The molecule has 0 fully saturated rings. The second kappa shape index (κ2) is 13.5. The average Bonchev–Trinajstić information content (AvgIpc) is 3.72. The lowest BCUT2D eigenvalue weighted by Crippen LogP contribution is -2.00. The molecule has 0 spiro atoms. The van der Waals surface area contributed by atoms with E-state index in [1.807, 2.05) is 72.0 Å². The van der Waals surface area contributed by atoms with E-state index in [9.17, 15) is 0 Å². The Morgan fingerprint density at radius 2 is 0.746 bits per heavy atom. The third kappa shape index (κ3) is 5.58. The van der Waals surface area contributed by atoms with E-state index in [0.717, 1.165) is 38.9 Å². The highest BCUT2D eigenvalue weighted by Crippen LogP contribution is 2.44. The minimum atomic E-state index is 0.611. The molecule has 3 aromatic heterocycles. The van der Waals surface area contributed by atoms with Gasteiger partial charge < -0.3 is 0 Å². The summed E-state index contributed by atoms with van der Waals surface area (Å²) in [7, 11) is 0. The van der Waals surface area contributed by atoms with E-state index in [0.29, 0.717) is 17.5 Å². The average molecular weight is 769 g/mol. The van der Waals surface area contributed by atoms with Crippen LogP contribution in [0.15, 0.2) is 194 Å². The van der Waals surface area contributed by atoms with Crippen molar-refractivity contribution in [2.45, 2.75) is 0 Å². The van der Waals surface area contributed by atoms with Crippen LogP contribution in [0.2, 0.25) is 0 Å². The molecule has 0 saturated carbocycles. The van der Waals surface area contributed by atoms with E-state index in [4.69, 9.17) is 19.9 Å². The molecule has 59 heavy (non-hydrogen) atoms. The van der Waals surface area contributed by atoms with Gasteiger partial charge in [0.15, 0.2) is 17.5 Å². The van der Waals surface area contributed by atoms with Crippen LogP contribution < -0.4 is 0 Å². The van der Waals surface area contributed by atoms with Gasteiger partial charge in [0.25, 0.3) is 0 Å². The summed E-state index contributed by atoms with van der Waals surface area (Å²) in [6, 6.07) is 68.6. The van der Waals surface area contributed by atoms with Gasteiger partial charge in [-0.1, -0.05) is 176 Å². The molecule has 0 bridgehead atoms. The molecule has 5 heteroatoms. The van der Waals surface area contributed by atoms with Crippen molar-refractivity contribution in [1.82, 2.24) is 19.9 Å².